The fourth-order valence-electron chi connectivity index (χ4n) is 5.39. The highest BCUT2D eigenvalue weighted by Crippen LogP contribution is 2.44. The number of nitrogens with one attached hydrogen (secondary N) is 1. The van der Waals surface area contributed by atoms with Crippen molar-refractivity contribution in [2.75, 3.05) is 4.90 Å². The highest BCUT2D eigenvalue weighted by atomic mass is 32.1. The predicted octanol–water partition coefficient (Wildman–Crippen LogP) is 7.16. The molecule has 6 nitrogen and oxygen atoms in total. The molecule has 0 amide bonds. The van der Waals surface area contributed by atoms with Gasteiger partial charge in [-0.3, -0.25) is 9.97 Å². The third-order valence-electron chi connectivity index (χ3n) is 7.23. The van der Waals surface area contributed by atoms with E-state index in [0.29, 0.717) is 5.11 Å². The number of hydrogen-bond donors (Lipinski definition) is 1. The highest BCUT2D eigenvalue weighted by molar-refractivity contribution is 7.80. The van der Waals surface area contributed by atoms with Crippen LogP contribution in [-0.2, 0) is 0 Å². The van der Waals surface area contributed by atoms with Crippen LogP contribution in [0.2, 0.25) is 0 Å². The molecule has 1 aliphatic rings. The normalized spacial score (nSPS) is 16.8. The quantitative estimate of drug-likeness (QED) is 0.235. The van der Waals surface area contributed by atoms with Crippen LogP contribution in [0.5, 0.6) is 11.5 Å². The maximum atomic E-state index is 6.16. The lowest BCUT2D eigenvalue weighted by Gasteiger charge is -2.28. The number of nitrogens with zero attached hydrogens (tertiary/aromatic N) is 4. The van der Waals surface area contributed by atoms with E-state index in [1.54, 1.807) is 6.20 Å². The molecule has 2 atom stereocenters. The molecule has 1 saturated heterocycles. The molecule has 0 saturated carbocycles. The molecule has 0 unspecified atom stereocenters. The molecule has 7 heteroatoms. The van der Waals surface area contributed by atoms with Crippen LogP contribution in [0.4, 0.5) is 5.69 Å². The Labute approximate surface area is 233 Å². The Hall–Kier alpha value is -4.49. The number of anilines is 1. The second-order valence-electron chi connectivity index (χ2n) is 9.73. The van der Waals surface area contributed by atoms with Gasteiger partial charge >= 0.3 is 0 Å². The van der Waals surface area contributed by atoms with Gasteiger partial charge in [0.25, 0.3) is 0 Å². The van der Waals surface area contributed by atoms with Crippen molar-refractivity contribution in [3.05, 3.63) is 132 Å². The maximum absolute atomic E-state index is 6.16. The van der Waals surface area contributed by atoms with E-state index in [4.69, 9.17) is 21.9 Å². The number of rotatable bonds is 6. The second kappa shape index (κ2) is 10.3. The average Bonchev–Trinajstić information content (AvgIpc) is 3.46. The first-order valence-electron chi connectivity index (χ1n) is 12.9. The van der Waals surface area contributed by atoms with Crippen LogP contribution in [-0.4, -0.2) is 19.6 Å². The number of aryl methyl sites for hydroxylation is 2. The molecule has 5 aromatic rings. The first kappa shape index (κ1) is 24.8. The molecule has 194 valence electrons. The number of thiocarbonyl (C=S) groups is 1. The van der Waals surface area contributed by atoms with E-state index in [2.05, 4.69) is 63.9 Å². The molecule has 39 heavy (non-hydrogen) atoms. The minimum Gasteiger partial charge on any atom is -0.457 e. The van der Waals surface area contributed by atoms with Gasteiger partial charge in [-0.05, 0) is 105 Å². The molecule has 4 heterocycles. The topological polar surface area (TPSA) is 55.2 Å². The molecule has 0 radical (unpaired) electrons. The van der Waals surface area contributed by atoms with Crippen LogP contribution >= 0.6 is 12.2 Å². The van der Waals surface area contributed by atoms with Gasteiger partial charge in [0.1, 0.15) is 11.5 Å². The minimum atomic E-state index is -0.121. The summed E-state index contributed by atoms with van der Waals surface area (Å²) in [5.74, 6) is 1.62. The number of ether oxygens (including phenoxy) is 1. The second-order valence-corrected chi connectivity index (χ2v) is 10.1. The zero-order chi connectivity index (χ0) is 26.9. The van der Waals surface area contributed by atoms with Gasteiger partial charge in [0.15, 0.2) is 5.11 Å². The maximum Gasteiger partial charge on any atom is 0.174 e. The Kier molecular flexibility index (Phi) is 6.59. The van der Waals surface area contributed by atoms with Crippen LogP contribution in [0.15, 0.2) is 104 Å². The van der Waals surface area contributed by atoms with Crippen molar-refractivity contribution in [3.63, 3.8) is 0 Å². The first-order valence-corrected chi connectivity index (χ1v) is 13.4. The average molecular weight is 532 g/mol. The van der Waals surface area contributed by atoms with Crippen molar-refractivity contribution in [1.29, 1.82) is 0 Å². The Morgan fingerprint density at radius 3 is 2.36 bits per heavy atom. The van der Waals surface area contributed by atoms with Crippen LogP contribution in [0.1, 0.15) is 40.3 Å². The van der Waals surface area contributed by atoms with Crippen molar-refractivity contribution >= 4 is 23.0 Å². The monoisotopic (exact) mass is 531 g/mol. The summed E-state index contributed by atoms with van der Waals surface area (Å²) in [6.45, 7) is 6.33. The number of hydrogen-bond acceptors (Lipinski definition) is 4. The van der Waals surface area contributed by atoms with Crippen LogP contribution in [0.3, 0.4) is 0 Å². The summed E-state index contributed by atoms with van der Waals surface area (Å²) in [7, 11) is 0. The standard InChI is InChI=1S/C32H29N5OS/c1-21-9-4-5-12-29(21)38-26-15-13-24(14-16-26)37-31(30(35-32(37)39)28-11-6-7-18-34-28)27-19-22(2)36(23(27)3)25-10-8-17-33-20-25/h4-20,30-31H,1-3H3,(H,35,39)/t30-,31+/m1/s1. The third-order valence-corrected chi connectivity index (χ3v) is 7.54. The summed E-state index contributed by atoms with van der Waals surface area (Å²) in [5.41, 5.74) is 7.51. The summed E-state index contributed by atoms with van der Waals surface area (Å²) in [5, 5.41) is 4.23. The molecule has 0 spiro atoms. The Bertz CT molecular complexity index is 1620. The molecule has 3 aromatic heterocycles. The zero-order valence-electron chi connectivity index (χ0n) is 22.1. The lowest BCUT2D eigenvalue weighted by Crippen LogP contribution is -2.29. The van der Waals surface area contributed by atoms with Gasteiger partial charge in [0.05, 0.1) is 29.7 Å². The number of pyridine rings is 2. The minimum absolute atomic E-state index is 0.104. The van der Waals surface area contributed by atoms with Gasteiger partial charge in [-0.15, -0.1) is 0 Å². The molecule has 1 fully saturated rings. The fourth-order valence-corrected chi connectivity index (χ4v) is 5.74. The smallest absolute Gasteiger partial charge is 0.174 e. The molecule has 0 bridgehead atoms. The molecular weight excluding hydrogens is 502 g/mol. The molecule has 2 aromatic carbocycles. The Morgan fingerprint density at radius 2 is 1.64 bits per heavy atom. The summed E-state index contributed by atoms with van der Waals surface area (Å²) >= 11 is 5.95. The van der Waals surface area contributed by atoms with Crippen LogP contribution in [0, 0.1) is 20.8 Å². The Balaban J connectivity index is 1.41. The van der Waals surface area contributed by atoms with Gasteiger partial charge in [-0.1, -0.05) is 24.3 Å². The van der Waals surface area contributed by atoms with Gasteiger partial charge < -0.3 is 19.5 Å². The van der Waals surface area contributed by atoms with Crippen LogP contribution < -0.4 is 15.0 Å². The fraction of sp³-hybridized carbons (Fsp3) is 0.156. The number of para-hydroxylation sites is 1. The summed E-state index contributed by atoms with van der Waals surface area (Å²) in [4.78, 5) is 11.2. The molecular formula is C32H29N5OS. The van der Waals surface area contributed by atoms with E-state index in [0.717, 1.165) is 45.5 Å². The third kappa shape index (κ3) is 4.66. The lowest BCUT2D eigenvalue weighted by atomic mass is 9.96. The summed E-state index contributed by atoms with van der Waals surface area (Å²) in [6, 6.07) is 28.2. The van der Waals surface area contributed by atoms with E-state index in [1.807, 2.05) is 73.9 Å². The van der Waals surface area contributed by atoms with Crippen molar-refractivity contribution in [1.82, 2.24) is 19.9 Å². The number of aromatic nitrogens is 3. The van der Waals surface area contributed by atoms with Crippen LogP contribution in [0.25, 0.3) is 5.69 Å². The largest absolute Gasteiger partial charge is 0.457 e. The van der Waals surface area contributed by atoms with E-state index in [-0.39, 0.29) is 12.1 Å². The van der Waals surface area contributed by atoms with Gasteiger partial charge in [-0.25, -0.2) is 0 Å². The highest BCUT2D eigenvalue weighted by Gasteiger charge is 2.42. The van der Waals surface area contributed by atoms with Gasteiger partial charge in [0, 0.05) is 29.5 Å². The van der Waals surface area contributed by atoms with Gasteiger partial charge in [-0.2, -0.15) is 0 Å². The SMILES string of the molecule is Cc1ccccc1Oc1ccc(N2C(=S)N[C@H](c3ccccn3)[C@@H]2c2cc(C)n(-c3cccnc3)c2C)cc1. The molecule has 1 aliphatic heterocycles. The van der Waals surface area contributed by atoms with E-state index >= 15 is 0 Å². The summed E-state index contributed by atoms with van der Waals surface area (Å²) < 4.78 is 8.40. The molecule has 0 aliphatic carbocycles. The first-order chi connectivity index (χ1) is 19.0. The van der Waals surface area contributed by atoms with Crippen molar-refractivity contribution < 1.29 is 4.74 Å². The van der Waals surface area contributed by atoms with E-state index in [1.165, 1.54) is 5.56 Å². The van der Waals surface area contributed by atoms with Crippen molar-refractivity contribution in [2.24, 2.45) is 0 Å². The Morgan fingerprint density at radius 1 is 0.846 bits per heavy atom. The van der Waals surface area contributed by atoms with Gasteiger partial charge in [0.2, 0.25) is 0 Å². The lowest BCUT2D eigenvalue weighted by molar-refractivity contribution is 0.479. The predicted molar refractivity (Wildman–Crippen MR) is 159 cm³/mol. The molecule has 1 N–H and O–H groups in total. The zero-order valence-corrected chi connectivity index (χ0v) is 22.9. The van der Waals surface area contributed by atoms with Crippen molar-refractivity contribution in [2.45, 2.75) is 32.9 Å². The molecule has 6 rings (SSSR count). The number of benzene rings is 2. The van der Waals surface area contributed by atoms with Crippen molar-refractivity contribution in [3.8, 4) is 17.2 Å². The van der Waals surface area contributed by atoms with E-state index in [9.17, 15) is 0 Å². The van der Waals surface area contributed by atoms with E-state index < -0.39 is 0 Å². The summed E-state index contributed by atoms with van der Waals surface area (Å²) in [6.07, 6.45) is 5.52.